The molecule has 2 saturated carbocycles. The van der Waals surface area contributed by atoms with Gasteiger partial charge in [-0.25, -0.2) is 34.7 Å². The average Bonchev–Trinajstić information content (AvgIpc) is 3.14. The van der Waals surface area contributed by atoms with Crippen molar-refractivity contribution in [3.05, 3.63) is 58.4 Å². The Labute approximate surface area is 223 Å². The van der Waals surface area contributed by atoms with E-state index in [4.69, 9.17) is 11.6 Å². The zero-order chi connectivity index (χ0) is 28.0. The van der Waals surface area contributed by atoms with Gasteiger partial charge in [0.1, 0.15) is 0 Å². The highest BCUT2D eigenvalue weighted by Gasteiger charge is 2.54. The highest BCUT2D eigenvalue weighted by molar-refractivity contribution is 7.92. The normalized spacial score (nSPS) is 25.4. The number of nitrogens with one attached hydrogen (secondary N) is 2. The zero-order valence-corrected chi connectivity index (χ0v) is 22.6. The highest BCUT2D eigenvalue weighted by Crippen LogP contribution is 2.51. The summed E-state index contributed by atoms with van der Waals surface area (Å²) in [6.45, 7) is 1.25. The number of amides is 1. The predicted molar refractivity (Wildman–Crippen MR) is 135 cm³/mol. The third kappa shape index (κ3) is 5.71. The fraction of sp³-hybridized carbons (Fsp3) is 0.458. The number of carbonyl (C=O) groups is 1. The molecule has 0 radical (unpaired) electrons. The van der Waals surface area contributed by atoms with Gasteiger partial charge in [0.05, 0.1) is 26.5 Å². The minimum atomic E-state index is -4.11. The van der Waals surface area contributed by atoms with Gasteiger partial charge in [-0.15, -0.1) is 0 Å². The van der Waals surface area contributed by atoms with Crippen molar-refractivity contribution >= 4 is 43.1 Å². The van der Waals surface area contributed by atoms with Gasteiger partial charge in [0.2, 0.25) is 10.0 Å². The molecule has 0 heterocycles. The molecule has 2 aromatic rings. The molecule has 1 amide bonds. The van der Waals surface area contributed by atoms with Crippen molar-refractivity contribution in [2.45, 2.75) is 48.4 Å². The largest absolute Gasteiger partial charge is 0.389 e. The number of benzene rings is 2. The van der Waals surface area contributed by atoms with Gasteiger partial charge in [-0.05, 0) is 62.6 Å². The Kier molecular flexibility index (Phi) is 7.90. The molecular formula is C24H26ClF3N2O6S2. The van der Waals surface area contributed by atoms with Crippen LogP contribution in [0.25, 0.3) is 0 Å². The summed E-state index contributed by atoms with van der Waals surface area (Å²) < 4.78 is 93.8. The second-order valence-corrected chi connectivity index (χ2v) is 14.4. The lowest BCUT2D eigenvalue weighted by molar-refractivity contribution is -0.0136. The maximum absolute atomic E-state index is 13.8. The first-order valence-corrected chi connectivity index (χ1v) is 15.4. The van der Waals surface area contributed by atoms with Crippen LogP contribution in [-0.2, 0) is 19.9 Å². The number of anilines is 1. The Morgan fingerprint density at radius 3 is 2.18 bits per heavy atom. The molecule has 38 heavy (non-hydrogen) atoms. The minimum Gasteiger partial charge on any atom is -0.389 e. The lowest BCUT2D eigenvalue weighted by Crippen LogP contribution is -2.51. The van der Waals surface area contributed by atoms with Crippen LogP contribution >= 0.6 is 11.6 Å². The van der Waals surface area contributed by atoms with Gasteiger partial charge in [-0.1, -0.05) is 11.6 Å². The molecule has 2 aromatic carbocycles. The summed E-state index contributed by atoms with van der Waals surface area (Å²) in [7, 11) is -7.65. The molecule has 2 aliphatic carbocycles. The van der Waals surface area contributed by atoms with Gasteiger partial charge in [0.15, 0.2) is 27.3 Å². The molecule has 2 bridgehead atoms. The van der Waals surface area contributed by atoms with Gasteiger partial charge < -0.3 is 10.4 Å². The molecule has 0 aliphatic heterocycles. The molecule has 0 spiro atoms. The first-order valence-electron chi connectivity index (χ1n) is 11.8. The topological polar surface area (TPSA) is 130 Å². The number of hydrogen-bond acceptors (Lipinski definition) is 6. The monoisotopic (exact) mass is 594 g/mol. The van der Waals surface area contributed by atoms with Gasteiger partial charge in [0.25, 0.3) is 5.91 Å². The van der Waals surface area contributed by atoms with Crippen molar-refractivity contribution in [2.75, 3.05) is 17.6 Å². The van der Waals surface area contributed by atoms with Crippen LogP contribution in [0.2, 0.25) is 5.02 Å². The number of sulfone groups is 1. The molecule has 14 heteroatoms. The van der Waals surface area contributed by atoms with E-state index in [-0.39, 0.29) is 46.3 Å². The van der Waals surface area contributed by atoms with Crippen LogP contribution < -0.4 is 10.0 Å². The molecule has 8 nitrogen and oxygen atoms in total. The SMILES string of the molecule is CCS(=O)(=O)NCC1(O)CC2CC[C@@H](C1)C2S(=O)(=O)c1cc(C(=O)Nc2cc(F)c(F)c(F)c2)ccc1Cl. The smallest absolute Gasteiger partial charge is 0.255 e. The maximum Gasteiger partial charge on any atom is 0.255 e. The number of halogens is 4. The number of fused-ring (bicyclic) bond motifs is 2. The van der Waals surface area contributed by atoms with Crippen molar-refractivity contribution in [3.8, 4) is 0 Å². The van der Waals surface area contributed by atoms with E-state index in [9.17, 15) is 39.9 Å². The molecule has 3 unspecified atom stereocenters. The molecule has 208 valence electrons. The summed E-state index contributed by atoms with van der Waals surface area (Å²) >= 11 is 6.23. The van der Waals surface area contributed by atoms with Crippen molar-refractivity contribution in [2.24, 2.45) is 11.8 Å². The van der Waals surface area contributed by atoms with E-state index in [1.165, 1.54) is 19.1 Å². The lowest BCUT2D eigenvalue weighted by Gasteiger charge is -2.41. The highest BCUT2D eigenvalue weighted by atomic mass is 35.5. The summed E-state index contributed by atoms with van der Waals surface area (Å²) in [5.41, 5.74) is -1.92. The third-order valence-corrected chi connectivity index (χ3v) is 11.4. The molecule has 0 aromatic heterocycles. The number of hydrogen-bond donors (Lipinski definition) is 3. The van der Waals surface area contributed by atoms with Crippen LogP contribution in [0.5, 0.6) is 0 Å². The van der Waals surface area contributed by atoms with Crippen LogP contribution in [0.15, 0.2) is 35.2 Å². The first kappa shape index (κ1) is 28.8. The van der Waals surface area contributed by atoms with Crippen LogP contribution in [0.1, 0.15) is 43.0 Å². The molecular weight excluding hydrogens is 569 g/mol. The first-order chi connectivity index (χ1) is 17.7. The van der Waals surface area contributed by atoms with E-state index < -0.39 is 65.9 Å². The van der Waals surface area contributed by atoms with E-state index in [0.717, 1.165) is 6.07 Å². The van der Waals surface area contributed by atoms with Crippen molar-refractivity contribution in [1.29, 1.82) is 0 Å². The van der Waals surface area contributed by atoms with Gasteiger partial charge in [-0.2, -0.15) is 0 Å². The quantitative estimate of drug-likeness (QED) is 0.400. The Bertz CT molecular complexity index is 1450. The summed E-state index contributed by atoms with van der Waals surface area (Å²) in [4.78, 5) is 12.4. The molecule has 4 atom stereocenters. The average molecular weight is 595 g/mol. The number of rotatable bonds is 8. The number of aliphatic hydroxyl groups is 1. The van der Waals surface area contributed by atoms with Crippen molar-refractivity contribution < 1.29 is 39.9 Å². The van der Waals surface area contributed by atoms with E-state index in [1.54, 1.807) is 0 Å². The van der Waals surface area contributed by atoms with Gasteiger partial charge in [-0.3, -0.25) is 4.79 Å². The lowest BCUT2D eigenvalue weighted by atomic mass is 9.77. The van der Waals surface area contributed by atoms with Gasteiger partial charge >= 0.3 is 0 Å². The standard InChI is InChI=1S/C24H26ClF3N2O6S2/c1-2-37(33,34)29-12-24(32)10-14-3-4-15(11-24)22(14)38(35,36)20-7-13(5-6-17(20)25)23(31)30-16-8-18(26)21(28)19(27)9-16/h5-9,14-15,22,29,32H,2-4,10-12H2,1H3,(H,30,31)/t14-,15?,22?,24?/m0/s1. The molecule has 2 aliphatic rings. The fourth-order valence-electron chi connectivity index (χ4n) is 5.48. The second-order valence-electron chi connectivity index (χ2n) is 9.82. The fourth-order valence-corrected chi connectivity index (χ4v) is 9.01. The van der Waals surface area contributed by atoms with E-state index in [1.807, 2.05) is 0 Å². The second kappa shape index (κ2) is 10.4. The van der Waals surface area contributed by atoms with Crippen molar-refractivity contribution in [3.63, 3.8) is 0 Å². The van der Waals surface area contributed by atoms with Crippen molar-refractivity contribution in [1.82, 2.24) is 4.72 Å². The zero-order valence-electron chi connectivity index (χ0n) is 20.2. The molecule has 4 rings (SSSR count). The third-order valence-electron chi connectivity index (χ3n) is 7.22. The maximum atomic E-state index is 13.8. The van der Waals surface area contributed by atoms with E-state index >= 15 is 0 Å². The van der Waals surface area contributed by atoms with E-state index in [0.29, 0.717) is 25.0 Å². The summed E-state index contributed by atoms with van der Waals surface area (Å²) in [5.74, 6) is -6.68. The molecule has 0 saturated heterocycles. The van der Waals surface area contributed by atoms with Crippen LogP contribution in [0.3, 0.4) is 0 Å². The van der Waals surface area contributed by atoms with Crippen LogP contribution in [0, 0.1) is 29.3 Å². The van der Waals surface area contributed by atoms with Gasteiger partial charge in [0, 0.05) is 29.9 Å². The summed E-state index contributed by atoms with van der Waals surface area (Å²) in [6, 6.07) is 4.70. The summed E-state index contributed by atoms with van der Waals surface area (Å²) in [6.07, 6.45) is 1.16. The summed E-state index contributed by atoms with van der Waals surface area (Å²) in [5, 5.41) is 12.2. The Morgan fingerprint density at radius 1 is 1.05 bits per heavy atom. The number of sulfonamides is 1. The van der Waals surface area contributed by atoms with Crippen LogP contribution in [0.4, 0.5) is 18.9 Å². The predicted octanol–water partition coefficient (Wildman–Crippen LogP) is 3.64. The molecule has 2 fully saturated rings. The Hall–Kier alpha value is -2.19. The Balaban J connectivity index is 1.57. The van der Waals surface area contributed by atoms with E-state index in [2.05, 4.69) is 10.0 Å². The number of carbonyl (C=O) groups excluding carboxylic acids is 1. The Morgan fingerprint density at radius 2 is 1.63 bits per heavy atom. The van der Waals surface area contributed by atoms with Crippen LogP contribution in [-0.4, -0.2) is 51.0 Å². The minimum absolute atomic E-state index is 0.0686. The molecule has 3 N–H and O–H groups in total.